The number of benzene rings is 1. The van der Waals surface area contributed by atoms with Gasteiger partial charge in [-0.2, -0.15) is 11.8 Å². The Morgan fingerprint density at radius 3 is 2.65 bits per heavy atom. The molecule has 0 fully saturated rings. The number of rotatable bonds is 4. The predicted octanol–water partition coefficient (Wildman–Crippen LogP) is 3.99. The van der Waals surface area contributed by atoms with Crippen molar-refractivity contribution in [2.45, 2.75) is 38.0 Å². The highest BCUT2D eigenvalue weighted by molar-refractivity contribution is 9.10. The molecule has 0 aromatic heterocycles. The topological polar surface area (TPSA) is 26.0 Å². The monoisotopic (exact) mass is 319 g/mol. The molecular formula is C13H19BrFNS. The Morgan fingerprint density at radius 2 is 2.06 bits per heavy atom. The summed E-state index contributed by atoms with van der Waals surface area (Å²) in [7, 11) is 0. The zero-order valence-electron chi connectivity index (χ0n) is 10.5. The zero-order chi connectivity index (χ0) is 13.1. The normalized spacial score (nSPS) is 13.8. The van der Waals surface area contributed by atoms with Crippen molar-refractivity contribution in [3.63, 3.8) is 0 Å². The van der Waals surface area contributed by atoms with Crippen molar-refractivity contribution >= 4 is 27.7 Å². The maximum atomic E-state index is 13.1. The Labute approximate surface area is 115 Å². The van der Waals surface area contributed by atoms with Crippen LogP contribution in [0.25, 0.3) is 0 Å². The Morgan fingerprint density at radius 1 is 1.41 bits per heavy atom. The van der Waals surface area contributed by atoms with Crippen molar-refractivity contribution in [2.24, 2.45) is 5.73 Å². The summed E-state index contributed by atoms with van der Waals surface area (Å²) in [5, 5.41) is 0. The van der Waals surface area contributed by atoms with E-state index in [0.717, 1.165) is 15.8 Å². The second kappa shape index (κ2) is 6.21. The molecule has 0 aliphatic heterocycles. The first kappa shape index (κ1) is 15.0. The van der Waals surface area contributed by atoms with Crippen molar-refractivity contribution in [1.82, 2.24) is 0 Å². The van der Waals surface area contributed by atoms with Crippen LogP contribution in [0.4, 0.5) is 4.39 Å². The van der Waals surface area contributed by atoms with E-state index in [0.29, 0.717) is 6.42 Å². The third-order valence-electron chi connectivity index (χ3n) is 2.22. The fourth-order valence-corrected chi connectivity index (χ4v) is 2.64. The van der Waals surface area contributed by atoms with E-state index in [1.54, 1.807) is 12.1 Å². The Kier molecular flexibility index (Phi) is 5.48. The summed E-state index contributed by atoms with van der Waals surface area (Å²) in [6.45, 7) is 6.51. The largest absolute Gasteiger partial charge is 0.327 e. The molecule has 0 aliphatic rings. The fourth-order valence-electron chi connectivity index (χ4n) is 1.40. The molecule has 1 rings (SSSR count). The molecule has 1 atom stereocenters. The van der Waals surface area contributed by atoms with Crippen LogP contribution in [-0.4, -0.2) is 16.5 Å². The molecule has 0 saturated heterocycles. The van der Waals surface area contributed by atoms with Crippen LogP contribution in [0.1, 0.15) is 26.3 Å². The smallest absolute Gasteiger partial charge is 0.123 e. The summed E-state index contributed by atoms with van der Waals surface area (Å²) in [5.74, 6) is 0.672. The van der Waals surface area contributed by atoms with E-state index in [4.69, 9.17) is 5.73 Å². The Hall–Kier alpha value is -0.0600. The van der Waals surface area contributed by atoms with Gasteiger partial charge in [-0.25, -0.2) is 4.39 Å². The lowest BCUT2D eigenvalue weighted by molar-refractivity contribution is 0.622. The van der Waals surface area contributed by atoms with Gasteiger partial charge in [0.15, 0.2) is 0 Å². The Bertz CT molecular complexity index is 376. The lowest BCUT2D eigenvalue weighted by Gasteiger charge is -2.21. The SMILES string of the molecule is CC(C)(C)SCC(N)Cc1cc(F)ccc1Br. The van der Waals surface area contributed by atoms with E-state index in [1.807, 2.05) is 11.8 Å². The molecule has 1 unspecified atom stereocenters. The molecule has 2 N–H and O–H groups in total. The van der Waals surface area contributed by atoms with Gasteiger partial charge in [-0.15, -0.1) is 0 Å². The minimum absolute atomic E-state index is 0.0531. The van der Waals surface area contributed by atoms with Crippen LogP contribution in [0, 0.1) is 5.82 Å². The van der Waals surface area contributed by atoms with Crippen LogP contribution in [0.2, 0.25) is 0 Å². The second-order valence-corrected chi connectivity index (χ2v) is 7.82. The number of thioether (sulfide) groups is 1. The number of hydrogen-bond acceptors (Lipinski definition) is 2. The molecule has 1 nitrogen and oxygen atoms in total. The van der Waals surface area contributed by atoms with Gasteiger partial charge >= 0.3 is 0 Å². The third kappa shape index (κ3) is 5.89. The average molecular weight is 320 g/mol. The van der Waals surface area contributed by atoms with Crippen molar-refractivity contribution in [2.75, 3.05) is 5.75 Å². The van der Waals surface area contributed by atoms with E-state index in [2.05, 4.69) is 36.7 Å². The molecule has 1 aromatic rings. The number of nitrogens with two attached hydrogens (primary N) is 1. The highest BCUT2D eigenvalue weighted by Crippen LogP contribution is 2.25. The molecule has 0 amide bonds. The fraction of sp³-hybridized carbons (Fsp3) is 0.538. The molecule has 0 radical (unpaired) electrons. The van der Waals surface area contributed by atoms with Gasteiger partial charge in [0.2, 0.25) is 0 Å². The zero-order valence-corrected chi connectivity index (χ0v) is 12.9. The standard InChI is InChI=1S/C13H19BrFNS/c1-13(2,3)17-8-11(16)7-9-6-10(15)4-5-12(9)14/h4-6,11H,7-8,16H2,1-3H3. The van der Waals surface area contributed by atoms with Gasteiger partial charge in [0, 0.05) is 21.0 Å². The first-order valence-corrected chi connectivity index (χ1v) is 7.39. The summed E-state index contributed by atoms with van der Waals surface area (Å²) in [6, 6.07) is 4.78. The van der Waals surface area contributed by atoms with Gasteiger partial charge in [0.25, 0.3) is 0 Å². The maximum Gasteiger partial charge on any atom is 0.123 e. The molecule has 0 spiro atoms. The first-order chi connectivity index (χ1) is 7.78. The van der Waals surface area contributed by atoms with Crippen LogP contribution < -0.4 is 5.73 Å². The lowest BCUT2D eigenvalue weighted by Crippen LogP contribution is -2.28. The third-order valence-corrected chi connectivity index (χ3v) is 4.45. The first-order valence-electron chi connectivity index (χ1n) is 5.61. The van der Waals surface area contributed by atoms with E-state index >= 15 is 0 Å². The van der Waals surface area contributed by atoms with Gasteiger partial charge < -0.3 is 5.73 Å². The van der Waals surface area contributed by atoms with Gasteiger partial charge in [0.05, 0.1) is 0 Å². The van der Waals surface area contributed by atoms with E-state index < -0.39 is 0 Å². The Balaban J connectivity index is 2.56. The average Bonchev–Trinajstić information content (AvgIpc) is 2.20. The van der Waals surface area contributed by atoms with Crippen LogP contribution >= 0.6 is 27.7 Å². The highest BCUT2D eigenvalue weighted by Gasteiger charge is 2.14. The highest BCUT2D eigenvalue weighted by atomic mass is 79.9. The molecule has 0 saturated carbocycles. The van der Waals surface area contributed by atoms with E-state index in [-0.39, 0.29) is 16.6 Å². The predicted molar refractivity (Wildman–Crippen MR) is 78.0 cm³/mol. The van der Waals surface area contributed by atoms with Crippen molar-refractivity contribution in [1.29, 1.82) is 0 Å². The minimum atomic E-state index is -0.209. The van der Waals surface area contributed by atoms with Gasteiger partial charge in [0.1, 0.15) is 5.82 Å². The van der Waals surface area contributed by atoms with Crippen molar-refractivity contribution in [3.05, 3.63) is 34.1 Å². The molecule has 96 valence electrons. The van der Waals surface area contributed by atoms with Gasteiger partial charge in [-0.05, 0) is 30.2 Å². The molecule has 0 bridgehead atoms. The van der Waals surface area contributed by atoms with Gasteiger partial charge in [-0.3, -0.25) is 0 Å². The van der Waals surface area contributed by atoms with Crippen LogP contribution in [0.3, 0.4) is 0 Å². The number of halogens is 2. The summed E-state index contributed by atoms with van der Waals surface area (Å²) in [5.41, 5.74) is 7.00. The van der Waals surface area contributed by atoms with Crippen molar-refractivity contribution in [3.8, 4) is 0 Å². The van der Waals surface area contributed by atoms with E-state index in [9.17, 15) is 4.39 Å². The van der Waals surface area contributed by atoms with Crippen LogP contribution in [0.5, 0.6) is 0 Å². The van der Waals surface area contributed by atoms with E-state index in [1.165, 1.54) is 6.07 Å². The molecule has 0 heterocycles. The van der Waals surface area contributed by atoms with Crippen LogP contribution in [-0.2, 0) is 6.42 Å². The lowest BCUT2D eigenvalue weighted by atomic mass is 10.1. The molecule has 0 aliphatic carbocycles. The summed E-state index contributed by atoms with van der Waals surface area (Å²) >= 11 is 5.26. The molecular weight excluding hydrogens is 301 g/mol. The summed E-state index contributed by atoms with van der Waals surface area (Å²) in [4.78, 5) is 0. The van der Waals surface area contributed by atoms with Crippen molar-refractivity contribution < 1.29 is 4.39 Å². The van der Waals surface area contributed by atoms with Gasteiger partial charge in [-0.1, -0.05) is 36.7 Å². The summed E-state index contributed by atoms with van der Waals surface area (Å²) in [6.07, 6.45) is 0.696. The minimum Gasteiger partial charge on any atom is -0.327 e. The quantitative estimate of drug-likeness (QED) is 0.908. The molecule has 1 aromatic carbocycles. The summed E-state index contributed by atoms with van der Waals surface area (Å²) < 4.78 is 14.3. The molecule has 17 heavy (non-hydrogen) atoms. The maximum absolute atomic E-state index is 13.1. The van der Waals surface area contributed by atoms with Crippen LogP contribution in [0.15, 0.2) is 22.7 Å². The second-order valence-electron chi connectivity index (χ2n) is 5.12. The number of hydrogen-bond donors (Lipinski definition) is 1. The molecule has 4 heteroatoms.